The second kappa shape index (κ2) is 8.40. The fourth-order valence-electron chi connectivity index (χ4n) is 3.59. The molecule has 3 rings (SSSR count). The van der Waals surface area contributed by atoms with Crippen molar-refractivity contribution in [3.63, 3.8) is 0 Å². The minimum atomic E-state index is -3.38. The Balaban J connectivity index is 1.57. The molecular weight excluding hydrogens is 386 g/mol. The summed E-state index contributed by atoms with van der Waals surface area (Å²) in [7, 11) is -3.38. The number of anilines is 1. The molecule has 0 atom stereocenters. The number of amides is 1. The summed E-state index contributed by atoms with van der Waals surface area (Å²) in [5.41, 5.74) is 2.63. The second-order valence-corrected chi connectivity index (χ2v) is 11.0. The van der Waals surface area contributed by atoms with E-state index < -0.39 is 14.8 Å². The van der Waals surface area contributed by atoms with Gasteiger partial charge in [0.05, 0.1) is 10.3 Å². The molecule has 1 heterocycles. The summed E-state index contributed by atoms with van der Waals surface area (Å²) < 4.78 is 27.1. The lowest BCUT2D eigenvalue weighted by Gasteiger charge is -2.31. The van der Waals surface area contributed by atoms with Gasteiger partial charge in [-0.05, 0) is 77.1 Å². The molecule has 1 aromatic carbocycles. The summed E-state index contributed by atoms with van der Waals surface area (Å²) in [5.74, 6) is -0.0959. The van der Waals surface area contributed by atoms with Crippen molar-refractivity contribution in [1.82, 2.24) is 9.71 Å². The molecule has 0 spiro atoms. The molecule has 6 nitrogen and oxygen atoms in total. The van der Waals surface area contributed by atoms with Gasteiger partial charge in [-0.1, -0.05) is 13.0 Å². The van der Waals surface area contributed by atoms with Gasteiger partial charge < -0.3 is 5.32 Å². The molecule has 1 aromatic heterocycles. The van der Waals surface area contributed by atoms with Crippen molar-refractivity contribution in [1.29, 1.82) is 0 Å². The van der Waals surface area contributed by atoms with E-state index in [4.69, 9.17) is 0 Å². The first-order chi connectivity index (χ1) is 13.6. The number of rotatable bonds is 6. The third-order valence-electron chi connectivity index (χ3n) is 6.09. The first-order valence-corrected chi connectivity index (χ1v) is 11.8. The first-order valence-electron chi connectivity index (χ1n) is 10.3. The monoisotopic (exact) mass is 417 g/mol. The maximum Gasteiger partial charge on any atom is 0.227 e. The molecule has 29 heavy (non-hydrogen) atoms. The van der Waals surface area contributed by atoms with Crippen molar-refractivity contribution in [3.05, 3.63) is 36.0 Å². The van der Waals surface area contributed by atoms with Crippen molar-refractivity contribution >= 4 is 32.5 Å². The zero-order chi connectivity index (χ0) is 21.2. The smallest absolute Gasteiger partial charge is 0.227 e. The largest absolute Gasteiger partial charge is 0.326 e. The Kier molecular flexibility index (Phi) is 6.29. The quantitative estimate of drug-likeness (QED) is 0.739. The second-order valence-electron chi connectivity index (χ2n) is 8.63. The number of nitrogens with zero attached hydrogens (tertiary/aromatic N) is 1. The Morgan fingerprint density at radius 2 is 1.83 bits per heavy atom. The number of pyridine rings is 1. The fourth-order valence-corrected chi connectivity index (χ4v) is 4.97. The van der Waals surface area contributed by atoms with Crippen LogP contribution in [0.5, 0.6) is 0 Å². The Morgan fingerprint density at radius 1 is 1.14 bits per heavy atom. The highest BCUT2D eigenvalue weighted by atomic mass is 32.2. The molecule has 0 saturated heterocycles. The van der Waals surface area contributed by atoms with Gasteiger partial charge in [-0.25, -0.2) is 13.1 Å². The molecule has 1 aliphatic rings. The van der Waals surface area contributed by atoms with Crippen LogP contribution in [0.15, 0.2) is 30.3 Å². The molecule has 1 amide bonds. The molecule has 158 valence electrons. The summed E-state index contributed by atoms with van der Waals surface area (Å²) in [6, 6.07) is 9.59. The lowest BCUT2D eigenvalue weighted by molar-refractivity contribution is -0.120. The average Bonchev–Trinajstić information content (AvgIpc) is 2.68. The van der Waals surface area contributed by atoms with E-state index in [0.717, 1.165) is 22.3 Å². The van der Waals surface area contributed by atoms with E-state index in [1.165, 1.54) is 0 Å². The average molecular weight is 418 g/mol. The van der Waals surface area contributed by atoms with E-state index in [0.29, 0.717) is 32.1 Å². The molecular formula is C22H31N3O3S. The van der Waals surface area contributed by atoms with E-state index in [9.17, 15) is 13.2 Å². The van der Waals surface area contributed by atoms with E-state index in [1.807, 2.05) is 44.2 Å². The van der Waals surface area contributed by atoms with Crippen LogP contribution in [0.1, 0.15) is 58.6 Å². The van der Waals surface area contributed by atoms with Crippen molar-refractivity contribution in [2.75, 3.05) is 5.32 Å². The van der Waals surface area contributed by atoms with Crippen LogP contribution < -0.4 is 10.0 Å². The van der Waals surface area contributed by atoms with Gasteiger partial charge in [0.15, 0.2) is 0 Å². The molecule has 0 radical (unpaired) electrons. The normalized spacial score (nSPS) is 20.6. The van der Waals surface area contributed by atoms with Crippen LogP contribution >= 0.6 is 0 Å². The number of carbonyl (C=O) groups excluding carboxylic acids is 1. The molecule has 2 N–H and O–H groups in total. The maximum atomic E-state index is 12.7. The highest BCUT2D eigenvalue weighted by Gasteiger charge is 2.36. The zero-order valence-corrected chi connectivity index (χ0v) is 18.5. The topological polar surface area (TPSA) is 88.2 Å². The molecule has 1 saturated carbocycles. The summed E-state index contributed by atoms with van der Waals surface area (Å²) in [6.45, 7) is 7.32. The van der Waals surface area contributed by atoms with Crippen LogP contribution in [-0.2, 0) is 14.8 Å². The highest BCUT2D eigenvalue weighted by Crippen LogP contribution is 2.28. The molecule has 0 bridgehead atoms. The van der Waals surface area contributed by atoms with Crippen LogP contribution in [0.4, 0.5) is 5.69 Å². The number of benzene rings is 1. The lowest BCUT2D eigenvalue weighted by Crippen LogP contribution is -2.47. The molecule has 1 fully saturated rings. The maximum absolute atomic E-state index is 12.7. The van der Waals surface area contributed by atoms with Crippen LogP contribution in [0.3, 0.4) is 0 Å². The molecule has 0 aliphatic heterocycles. The summed E-state index contributed by atoms with van der Waals surface area (Å²) in [6.07, 6.45) is 3.27. The van der Waals surface area contributed by atoms with E-state index in [2.05, 4.69) is 15.0 Å². The predicted octanol–water partition coefficient (Wildman–Crippen LogP) is 4.15. The lowest BCUT2D eigenvalue weighted by atomic mass is 9.86. The summed E-state index contributed by atoms with van der Waals surface area (Å²) >= 11 is 0. The van der Waals surface area contributed by atoms with Crippen LogP contribution in [0.2, 0.25) is 0 Å². The van der Waals surface area contributed by atoms with Gasteiger partial charge in [0.2, 0.25) is 15.9 Å². The third-order valence-corrected chi connectivity index (χ3v) is 8.48. The van der Waals surface area contributed by atoms with Gasteiger partial charge >= 0.3 is 0 Å². The minimum absolute atomic E-state index is 0.000356. The van der Waals surface area contributed by atoms with E-state index in [-0.39, 0.29) is 17.9 Å². The predicted molar refractivity (Wildman–Crippen MR) is 117 cm³/mol. The number of sulfonamides is 1. The van der Waals surface area contributed by atoms with Crippen LogP contribution in [0, 0.1) is 12.8 Å². The molecule has 1 aliphatic carbocycles. The van der Waals surface area contributed by atoms with Crippen molar-refractivity contribution in [2.45, 2.75) is 70.6 Å². The number of aryl methyl sites for hydroxylation is 1. The minimum Gasteiger partial charge on any atom is -0.326 e. The number of fused-ring (bicyclic) bond motifs is 1. The van der Waals surface area contributed by atoms with Gasteiger partial charge in [-0.2, -0.15) is 0 Å². The number of hydrogen-bond acceptors (Lipinski definition) is 4. The van der Waals surface area contributed by atoms with Crippen molar-refractivity contribution in [2.24, 2.45) is 5.92 Å². The zero-order valence-electron chi connectivity index (χ0n) is 17.7. The van der Waals surface area contributed by atoms with E-state index in [1.54, 1.807) is 13.8 Å². The van der Waals surface area contributed by atoms with Gasteiger partial charge in [0, 0.05) is 28.7 Å². The summed E-state index contributed by atoms with van der Waals surface area (Å²) in [4.78, 5) is 17.2. The Morgan fingerprint density at radius 3 is 2.48 bits per heavy atom. The van der Waals surface area contributed by atoms with E-state index >= 15 is 0 Å². The van der Waals surface area contributed by atoms with Crippen molar-refractivity contribution < 1.29 is 13.2 Å². The van der Waals surface area contributed by atoms with Crippen LogP contribution in [0.25, 0.3) is 10.9 Å². The highest BCUT2D eigenvalue weighted by molar-refractivity contribution is 7.90. The van der Waals surface area contributed by atoms with Crippen LogP contribution in [-0.4, -0.2) is 30.1 Å². The Hall–Kier alpha value is -1.99. The van der Waals surface area contributed by atoms with Gasteiger partial charge in [0.1, 0.15) is 0 Å². The number of carbonyl (C=O) groups is 1. The third kappa shape index (κ3) is 4.95. The number of hydrogen-bond donors (Lipinski definition) is 2. The Bertz CT molecular complexity index is 994. The molecule has 0 unspecified atom stereocenters. The van der Waals surface area contributed by atoms with Gasteiger partial charge in [-0.3, -0.25) is 9.78 Å². The first kappa shape index (κ1) is 21.7. The van der Waals surface area contributed by atoms with Crippen molar-refractivity contribution in [3.8, 4) is 0 Å². The molecule has 2 aromatic rings. The number of nitrogens with one attached hydrogen (secondary N) is 2. The van der Waals surface area contributed by atoms with Gasteiger partial charge in [-0.15, -0.1) is 0 Å². The fraction of sp³-hybridized carbons (Fsp3) is 0.545. The Labute approximate surface area is 173 Å². The summed E-state index contributed by atoms with van der Waals surface area (Å²) in [5, 5.41) is 4.00. The van der Waals surface area contributed by atoms with Gasteiger partial charge in [0.25, 0.3) is 0 Å². The number of aromatic nitrogens is 1. The SMILES string of the molecule is CCC(C)(C)S(=O)(=O)NC1CCC(C(=O)Nc2ccc3nc(C)ccc3c2)CC1. The standard InChI is InChI=1S/C22H31N3O3S/c1-5-22(3,4)29(27,28)25-18-10-8-16(9-11-18)21(26)24-19-12-13-20-17(14-19)7-6-15(2)23-20/h6-7,12-14,16,18,25H,5,8-11H2,1-4H3,(H,24,26). The molecule has 7 heteroatoms.